The van der Waals surface area contributed by atoms with Crippen LogP contribution in [0.1, 0.15) is 28.4 Å². The van der Waals surface area contributed by atoms with Crippen molar-refractivity contribution in [3.63, 3.8) is 0 Å². The van der Waals surface area contributed by atoms with Crippen molar-refractivity contribution in [2.75, 3.05) is 11.9 Å². The zero-order valence-corrected chi connectivity index (χ0v) is 18.6. The first-order chi connectivity index (χ1) is 15.8. The van der Waals surface area contributed by atoms with Gasteiger partial charge in [0.25, 0.3) is 5.91 Å². The largest absolute Gasteiger partial charge is 0.476 e. The second-order valence-corrected chi connectivity index (χ2v) is 7.86. The Hall–Kier alpha value is -4.19. The summed E-state index contributed by atoms with van der Waals surface area (Å²) in [6, 6.07) is 19.4. The third-order valence-electron chi connectivity index (χ3n) is 5.40. The highest BCUT2D eigenvalue weighted by atomic mass is 16.5. The maximum absolute atomic E-state index is 13.3. The minimum Gasteiger partial charge on any atom is -0.476 e. The summed E-state index contributed by atoms with van der Waals surface area (Å²) in [5.74, 6) is -0.323. The van der Waals surface area contributed by atoms with E-state index in [1.807, 2.05) is 50.2 Å². The van der Waals surface area contributed by atoms with Gasteiger partial charge in [0, 0.05) is 16.8 Å². The SMILES string of the molecule is CC(=O)c1cccc(NC(=O)COc2c(-c3ccccc3)oc3cc(C)c(C)cc3c2=O)c1. The van der Waals surface area contributed by atoms with Crippen LogP contribution in [-0.4, -0.2) is 18.3 Å². The van der Waals surface area contributed by atoms with E-state index in [4.69, 9.17) is 9.15 Å². The van der Waals surface area contributed by atoms with Crippen LogP contribution in [0.3, 0.4) is 0 Å². The number of ether oxygens (including phenoxy) is 1. The van der Waals surface area contributed by atoms with Gasteiger partial charge in [-0.3, -0.25) is 14.4 Å². The summed E-state index contributed by atoms with van der Waals surface area (Å²) < 4.78 is 11.8. The molecule has 0 unspecified atom stereocenters. The maximum atomic E-state index is 13.3. The van der Waals surface area contributed by atoms with Crippen LogP contribution in [0.25, 0.3) is 22.3 Å². The third-order valence-corrected chi connectivity index (χ3v) is 5.40. The van der Waals surface area contributed by atoms with E-state index in [0.29, 0.717) is 27.8 Å². The summed E-state index contributed by atoms with van der Waals surface area (Å²) >= 11 is 0. The van der Waals surface area contributed by atoms with Gasteiger partial charge >= 0.3 is 0 Å². The molecule has 0 saturated carbocycles. The number of carbonyl (C=O) groups is 2. The molecular weight excluding hydrogens is 418 g/mol. The van der Waals surface area contributed by atoms with Crippen LogP contribution in [0.5, 0.6) is 5.75 Å². The average Bonchev–Trinajstić information content (AvgIpc) is 2.80. The van der Waals surface area contributed by atoms with Gasteiger partial charge in [-0.2, -0.15) is 0 Å². The van der Waals surface area contributed by atoms with E-state index in [9.17, 15) is 14.4 Å². The maximum Gasteiger partial charge on any atom is 0.262 e. The van der Waals surface area contributed by atoms with E-state index in [0.717, 1.165) is 11.1 Å². The fourth-order valence-corrected chi connectivity index (χ4v) is 3.49. The molecule has 0 aliphatic carbocycles. The van der Waals surface area contributed by atoms with E-state index in [-0.39, 0.29) is 22.7 Å². The molecular formula is C27H23NO5. The van der Waals surface area contributed by atoms with Gasteiger partial charge in [-0.25, -0.2) is 0 Å². The highest BCUT2D eigenvalue weighted by Gasteiger charge is 2.19. The van der Waals surface area contributed by atoms with E-state index in [2.05, 4.69) is 5.32 Å². The van der Waals surface area contributed by atoms with Crippen LogP contribution >= 0.6 is 0 Å². The molecule has 1 amide bonds. The van der Waals surface area contributed by atoms with Crippen molar-refractivity contribution in [2.24, 2.45) is 0 Å². The zero-order chi connectivity index (χ0) is 23.5. The molecule has 6 heteroatoms. The summed E-state index contributed by atoms with van der Waals surface area (Å²) in [5.41, 5.74) is 3.70. The van der Waals surface area contributed by atoms with E-state index in [1.54, 1.807) is 30.3 Å². The molecule has 4 rings (SSSR count). The number of carbonyl (C=O) groups excluding carboxylic acids is 2. The molecule has 0 radical (unpaired) electrons. The highest BCUT2D eigenvalue weighted by molar-refractivity contribution is 5.97. The van der Waals surface area contributed by atoms with Crippen molar-refractivity contribution in [3.05, 3.63) is 93.6 Å². The van der Waals surface area contributed by atoms with Gasteiger partial charge in [0.05, 0.1) is 5.39 Å². The van der Waals surface area contributed by atoms with Crippen molar-refractivity contribution < 1.29 is 18.7 Å². The Morgan fingerprint density at radius 3 is 2.39 bits per heavy atom. The Morgan fingerprint density at radius 1 is 0.939 bits per heavy atom. The Bertz CT molecular complexity index is 1420. The van der Waals surface area contributed by atoms with Crippen LogP contribution in [0, 0.1) is 13.8 Å². The summed E-state index contributed by atoms with van der Waals surface area (Å²) in [6.07, 6.45) is 0. The van der Waals surface area contributed by atoms with Gasteiger partial charge in [-0.15, -0.1) is 0 Å². The number of Topliss-reactive ketones (excluding diaryl/α,β-unsaturated/α-hetero) is 1. The van der Waals surface area contributed by atoms with E-state index in [1.165, 1.54) is 6.92 Å². The minimum atomic E-state index is -0.464. The number of hydrogen-bond donors (Lipinski definition) is 1. The van der Waals surface area contributed by atoms with Crippen LogP contribution in [0.15, 0.2) is 75.9 Å². The number of ketones is 1. The fraction of sp³-hybridized carbons (Fsp3) is 0.148. The van der Waals surface area contributed by atoms with Gasteiger partial charge < -0.3 is 14.5 Å². The number of rotatable bonds is 6. The van der Waals surface area contributed by atoms with Gasteiger partial charge in [-0.05, 0) is 56.2 Å². The lowest BCUT2D eigenvalue weighted by Crippen LogP contribution is -2.22. The normalized spacial score (nSPS) is 10.8. The number of amides is 1. The summed E-state index contributed by atoms with van der Waals surface area (Å²) in [6.45, 7) is 4.93. The summed E-state index contributed by atoms with van der Waals surface area (Å²) in [5, 5.41) is 3.08. The average molecular weight is 441 g/mol. The molecule has 0 aliphatic rings. The standard InChI is InChI=1S/C27H23NO5/c1-16-12-22-23(13-17(16)2)33-26(19-8-5-4-6-9-19)27(25(22)31)32-15-24(30)28-21-11-7-10-20(14-21)18(3)29/h4-14H,15H2,1-3H3,(H,28,30). The van der Waals surface area contributed by atoms with Gasteiger partial charge in [-0.1, -0.05) is 42.5 Å². The van der Waals surface area contributed by atoms with Crippen molar-refractivity contribution >= 4 is 28.3 Å². The molecule has 0 fully saturated rings. The van der Waals surface area contributed by atoms with Crippen molar-refractivity contribution in [2.45, 2.75) is 20.8 Å². The number of hydrogen-bond acceptors (Lipinski definition) is 5. The molecule has 0 saturated heterocycles. The van der Waals surface area contributed by atoms with Gasteiger partial charge in [0.1, 0.15) is 5.58 Å². The molecule has 4 aromatic rings. The third kappa shape index (κ3) is 4.70. The predicted octanol–water partition coefficient (Wildman–Crippen LogP) is 5.30. The van der Waals surface area contributed by atoms with Crippen LogP contribution in [0.2, 0.25) is 0 Å². The van der Waals surface area contributed by atoms with Crippen LogP contribution in [0.4, 0.5) is 5.69 Å². The quantitative estimate of drug-likeness (QED) is 0.411. The summed E-state index contributed by atoms with van der Waals surface area (Å²) in [4.78, 5) is 37.4. The Morgan fingerprint density at radius 2 is 1.67 bits per heavy atom. The monoisotopic (exact) mass is 441 g/mol. The molecule has 33 heavy (non-hydrogen) atoms. The zero-order valence-electron chi connectivity index (χ0n) is 18.6. The second-order valence-electron chi connectivity index (χ2n) is 7.86. The first-order valence-electron chi connectivity index (χ1n) is 10.5. The van der Waals surface area contributed by atoms with Crippen molar-refractivity contribution in [1.29, 1.82) is 0 Å². The molecule has 0 bridgehead atoms. The number of nitrogens with one attached hydrogen (secondary N) is 1. The lowest BCUT2D eigenvalue weighted by atomic mass is 10.0. The van der Waals surface area contributed by atoms with Gasteiger partial charge in [0.2, 0.25) is 11.2 Å². The van der Waals surface area contributed by atoms with Crippen molar-refractivity contribution in [1.82, 2.24) is 0 Å². The lowest BCUT2D eigenvalue weighted by molar-refractivity contribution is -0.118. The van der Waals surface area contributed by atoms with Crippen LogP contribution < -0.4 is 15.5 Å². The molecule has 1 aromatic heterocycles. The smallest absolute Gasteiger partial charge is 0.262 e. The van der Waals surface area contributed by atoms with Crippen LogP contribution in [-0.2, 0) is 4.79 Å². The number of aryl methyl sites for hydroxylation is 2. The van der Waals surface area contributed by atoms with E-state index < -0.39 is 12.5 Å². The number of benzene rings is 3. The topological polar surface area (TPSA) is 85.6 Å². The number of fused-ring (bicyclic) bond motifs is 1. The Kier molecular flexibility index (Phi) is 6.09. The second kappa shape index (κ2) is 9.12. The minimum absolute atomic E-state index is 0.0235. The highest BCUT2D eigenvalue weighted by Crippen LogP contribution is 2.31. The van der Waals surface area contributed by atoms with Gasteiger partial charge in [0.15, 0.2) is 18.2 Å². The predicted molar refractivity (Wildman–Crippen MR) is 128 cm³/mol. The molecule has 0 atom stereocenters. The lowest BCUT2D eigenvalue weighted by Gasteiger charge is -2.13. The van der Waals surface area contributed by atoms with Crippen molar-refractivity contribution in [3.8, 4) is 17.1 Å². The molecule has 0 spiro atoms. The first kappa shape index (κ1) is 22.0. The molecule has 6 nitrogen and oxygen atoms in total. The number of anilines is 1. The molecule has 3 aromatic carbocycles. The molecule has 1 N–H and O–H groups in total. The fourth-order valence-electron chi connectivity index (χ4n) is 3.49. The van der Waals surface area contributed by atoms with E-state index >= 15 is 0 Å². The Balaban J connectivity index is 1.67. The molecule has 166 valence electrons. The Labute approximate surface area is 190 Å². The first-order valence-corrected chi connectivity index (χ1v) is 10.5. The molecule has 0 aliphatic heterocycles. The summed E-state index contributed by atoms with van der Waals surface area (Å²) in [7, 11) is 0. The molecule has 1 heterocycles.